The molecule has 1 aromatic carbocycles. The summed E-state index contributed by atoms with van der Waals surface area (Å²) in [5.41, 5.74) is 1.71. The van der Waals surface area contributed by atoms with Crippen molar-refractivity contribution in [2.45, 2.75) is 64.5 Å². The van der Waals surface area contributed by atoms with Crippen LogP contribution in [0.2, 0.25) is 0 Å². The molecule has 0 aromatic heterocycles. The molecule has 1 aromatic rings. The molecular formula is C19H32N2. The molecule has 1 aliphatic heterocycles. The number of rotatable bonds is 8. The van der Waals surface area contributed by atoms with E-state index >= 15 is 0 Å². The molecule has 0 amide bonds. The monoisotopic (exact) mass is 288 g/mol. The first-order chi connectivity index (χ1) is 10.1. The molecule has 2 heteroatoms. The summed E-state index contributed by atoms with van der Waals surface area (Å²) in [6.45, 7) is 10.8. The third-order valence-electron chi connectivity index (χ3n) is 4.98. The number of nitrogens with one attached hydrogen (secondary N) is 1. The van der Waals surface area contributed by atoms with E-state index in [0.29, 0.717) is 6.04 Å². The van der Waals surface area contributed by atoms with Crippen LogP contribution in [0.3, 0.4) is 0 Å². The second-order valence-corrected chi connectivity index (χ2v) is 6.88. The predicted octanol–water partition coefficient (Wildman–Crippen LogP) is 3.86. The molecular weight excluding hydrogens is 256 g/mol. The quantitative estimate of drug-likeness (QED) is 0.781. The van der Waals surface area contributed by atoms with Crippen LogP contribution < -0.4 is 5.32 Å². The molecule has 1 aliphatic rings. The Balaban J connectivity index is 1.99. The maximum absolute atomic E-state index is 3.82. The highest BCUT2D eigenvalue weighted by molar-refractivity contribution is 5.15. The van der Waals surface area contributed by atoms with E-state index in [1.807, 2.05) is 0 Å². The fourth-order valence-electron chi connectivity index (χ4n) is 3.49. The van der Waals surface area contributed by atoms with Gasteiger partial charge in [-0.1, -0.05) is 37.3 Å². The van der Waals surface area contributed by atoms with E-state index < -0.39 is 0 Å². The summed E-state index contributed by atoms with van der Waals surface area (Å²) in [6, 6.07) is 11.5. The molecule has 0 saturated carbocycles. The van der Waals surface area contributed by atoms with Crippen molar-refractivity contribution in [1.29, 1.82) is 0 Å². The van der Waals surface area contributed by atoms with Gasteiger partial charge in [0, 0.05) is 11.6 Å². The first kappa shape index (κ1) is 16.5. The standard InChI is InChI=1S/C19H32N2/c1-4-14-20-18(13-12-17-10-6-5-7-11-17)19(2,3)21-15-8-9-16-21/h5-7,10-11,18,20H,4,8-9,12-16H2,1-3H3. The van der Waals surface area contributed by atoms with E-state index in [1.54, 1.807) is 0 Å². The van der Waals surface area contributed by atoms with Gasteiger partial charge in [0.05, 0.1) is 0 Å². The molecule has 0 aliphatic carbocycles. The molecule has 2 nitrogen and oxygen atoms in total. The molecule has 1 unspecified atom stereocenters. The summed E-state index contributed by atoms with van der Waals surface area (Å²) in [5, 5.41) is 3.82. The zero-order valence-corrected chi connectivity index (χ0v) is 14.1. The maximum atomic E-state index is 3.82. The van der Waals surface area contributed by atoms with Crippen molar-refractivity contribution in [1.82, 2.24) is 10.2 Å². The van der Waals surface area contributed by atoms with Crippen LogP contribution >= 0.6 is 0 Å². The predicted molar refractivity (Wildman–Crippen MR) is 91.7 cm³/mol. The Hall–Kier alpha value is -0.860. The normalized spacial score (nSPS) is 18.0. The van der Waals surface area contributed by atoms with Gasteiger partial charge in [-0.25, -0.2) is 0 Å². The molecule has 118 valence electrons. The van der Waals surface area contributed by atoms with Gasteiger partial charge in [0.2, 0.25) is 0 Å². The van der Waals surface area contributed by atoms with Gasteiger partial charge >= 0.3 is 0 Å². The number of likely N-dealkylation sites (tertiary alicyclic amines) is 1. The summed E-state index contributed by atoms with van der Waals surface area (Å²) in [5.74, 6) is 0. The van der Waals surface area contributed by atoms with Crippen LogP contribution in [0.4, 0.5) is 0 Å². The summed E-state index contributed by atoms with van der Waals surface area (Å²) in [4.78, 5) is 2.69. The molecule has 1 fully saturated rings. The zero-order chi connectivity index (χ0) is 15.1. The van der Waals surface area contributed by atoms with E-state index in [2.05, 4.69) is 61.3 Å². The minimum absolute atomic E-state index is 0.250. The average molecular weight is 288 g/mol. The lowest BCUT2D eigenvalue weighted by Gasteiger charge is -2.43. The average Bonchev–Trinajstić information content (AvgIpc) is 3.03. The first-order valence-corrected chi connectivity index (χ1v) is 8.67. The molecule has 0 radical (unpaired) electrons. The minimum Gasteiger partial charge on any atom is -0.312 e. The lowest BCUT2D eigenvalue weighted by atomic mass is 9.87. The van der Waals surface area contributed by atoms with E-state index in [-0.39, 0.29) is 5.54 Å². The van der Waals surface area contributed by atoms with Gasteiger partial charge in [0.15, 0.2) is 0 Å². The summed E-state index contributed by atoms with van der Waals surface area (Å²) >= 11 is 0. The van der Waals surface area contributed by atoms with Crippen molar-refractivity contribution < 1.29 is 0 Å². The van der Waals surface area contributed by atoms with Gasteiger partial charge in [-0.05, 0) is 71.1 Å². The first-order valence-electron chi connectivity index (χ1n) is 8.67. The van der Waals surface area contributed by atoms with Gasteiger partial charge in [0.25, 0.3) is 0 Å². The fourth-order valence-corrected chi connectivity index (χ4v) is 3.49. The zero-order valence-electron chi connectivity index (χ0n) is 14.1. The van der Waals surface area contributed by atoms with Crippen LogP contribution in [0.1, 0.15) is 52.0 Å². The second-order valence-electron chi connectivity index (χ2n) is 6.88. The largest absolute Gasteiger partial charge is 0.312 e. The smallest absolute Gasteiger partial charge is 0.0306 e. The fraction of sp³-hybridized carbons (Fsp3) is 0.684. The minimum atomic E-state index is 0.250. The maximum Gasteiger partial charge on any atom is 0.0306 e. The van der Waals surface area contributed by atoms with E-state index in [4.69, 9.17) is 0 Å². The molecule has 0 spiro atoms. The van der Waals surface area contributed by atoms with Crippen molar-refractivity contribution in [3.63, 3.8) is 0 Å². The van der Waals surface area contributed by atoms with Gasteiger partial charge in [0.1, 0.15) is 0 Å². The number of aryl methyl sites for hydroxylation is 1. The Morgan fingerprint density at radius 3 is 2.43 bits per heavy atom. The Kier molecular flexibility index (Phi) is 6.25. The third kappa shape index (κ3) is 4.55. The summed E-state index contributed by atoms with van der Waals surface area (Å²) in [6.07, 6.45) is 6.32. The van der Waals surface area contributed by atoms with Gasteiger partial charge < -0.3 is 5.32 Å². The van der Waals surface area contributed by atoms with Crippen LogP contribution in [0.25, 0.3) is 0 Å². The van der Waals surface area contributed by atoms with Gasteiger partial charge in [-0.2, -0.15) is 0 Å². The van der Waals surface area contributed by atoms with Crippen LogP contribution in [0, 0.1) is 0 Å². The Bertz CT molecular complexity index is 393. The summed E-state index contributed by atoms with van der Waals surface area (Å²) < 4.78 is 0. The Morgan fingerprint density at radius 2 is 1.81 bits per heavy atom. The van der Waals surface area contributed by atoms with Gasteiger partial charge in [-0.15, -0.1) is 0 Å². The summed E-state index contributed by atoms with van der Waals surface area (Å²) in [7, 11) is 0. The Morgan fingerprint density at radius 1 is 1.14 bits per heavy atom. The molecule has 1 N–H and O–H groups in total. The van der Waals surface area contributed by atoms with Crippen LogP contribution in [-0.2, 0) is 6.42 Å². The SMILES string of the molecule is CCCNC(CCc1ccccc1)C(C)(C)N1CCCC1. The Labute approximate surface area is 130 Å². The van der Waals surface area contributed by atoms with Crippen LogP contribution in [-0.4, -0.2) is 36.1 Å². The number of nitrogens with zero attached hydrogens (tertiary/aromatic N) is 1. The highest BCUT2D eigenvalue weighted by Gasteiger charge is 2.35. The molecule has 2 rings (SSSR count). The number of hydrogen-bond acceptors (Lipinski definition) is 2. The molecule has 1 saturated heterocycles. The topological polar surface area (TPSA) is 15.3 Å². The van der Waals surface area contributed by atoms with Gasteiger partial charge in [-0.3, -0.25) is 4.90 Å². The lowest BCUT2D eigenvalue weighted by Crippen LogP contribution is -2.57. The van der Waals surface area contributed by atoms with Crippen molar-refractivity contribution in [2.24, 2.45) is 0 Å². The molecule has 0 bridgehead atoms. The lowest BCUT2D eigenvalue weighted by molar-refractivity contribution is 0.102. The van der Waals surface area contributed by atoms with Crippen molar-refractivity contribution in [3.8, 4) is 0 Å². The second kappa shape index (κ2) is 7.95. The number of hydrogen-bond donors (Lipinski definition) is 1. The highest BCUT2D eigenvalue weighted by Crippen LogP contribution is 2.26. The van der Waals surface area contributed by atoms with Crippen molar-refractivity contribution in [3.05, 3.63) is 35.9 Å². The van der Waals surface area contributed by atoms with E-state index in [1.165, 1.54) is 50.8 Å². The van der Waals surface area contributed by atoms with E-state index in [0.717, 1.165) is 6.54 Å². The third-order valence-corrected chi connectivity index (χ3v) is 4.98. The molecule has 1 heterocycles. The van der Waals surface area contributed by atoms with Crippen LogP contribution in [0.15, 0.2) is 30.3 Å². The van der Waals surface area contributed by atoms with Crippen molar-refractivity contribution in [2.75, 3.05) is 19.6 Å². The highest BCUT2D eigenvalue weighted by atomic mass is 15.2. The van der Waals surface area contributed by atoms with Crippen LogP contribution in [0.5, 0.6) is 0 Å². The molecule has 21 heavy (non-hydrogen) atoms. The van der Waals surface area contributed by atoms with Crippen molar-refractivity contribution >= 4 is 0 Å². The molecule has 1 atom stereocenters. The number of benzene rings is 1. The van der Waals surface area contributed by atoms with E-state index in [9.17, 15) is 0 Å².